The Morgan fingerprint density at radius 3 is 1.57 bits per heavy atom. The number of unbranched alkanes of at least 4 members (excludes halogenated alkanes) is 9. The van der Waals surface area contributed by atoms with Crippen LogP contribution in [0.15, 0.2) is 0 Å². The number of hydrogen-bond donors (Lipinski definition) is 1. The fourth-order valence-electron chi connectivity index (χ4n) is 2.76. The van der Waals surface area contributed by atoms with Gasteiger partial charge in [0.05, 0.1) is 5.66 Å². The van der Waals surface area contributed by atoms with Gasteiger partial charge in [0, 0.05) is 7.11 Å². The number of rotatable bonds is 15. The molecular weight excluding hydrogens is 283 g/mol. The predicted octanol–water partition coefficient (Wildman–Crippen LogP) is 6.30. The fourth-order valence-corrected chi connectivity index (χ4v) is 4.08. The number of hydrogen-bond acceptors (Lipinski definition) is 2. The summed E-state index contributed by atoms with van der Waals surface area (Å²) < 4.78 is 17.0. The lowest BCUT2D eigenvalue weighted by molar-refractivity contribution is 0.296. The zero-order chi connectivity index (χ0) is 16.0. The average Bonchev–Trinajstić information content (AvgIpc) is 2.48. The molecular formula is C17H37O3P. The molecule has 128 valence electrons. The minimum absolute atomic E-state index is 0.157. The summed E-state index contributed by atoms with van der Waals surface area (Å²) in [6, 6.07) is 0. The smallest absolute Gasteiger partial charge is 0.324 e. The highest BCUT2D eigenvalue weighted by Gasteiger charge is 2.29. The molecule has 0 saturated heterocycles. The van der Waals surface area contributed by atoms with Crippen molar-refractivity contribution in [2.75, 3.05) is 7.11 Å². The van der Waals surface area contributed by atoms with Crippen LogP contribution in [-0.4, -0.2) is 17.7 Å². The molecule has 3 nitrogen and oxygen atoms in total. The van der Waals surface area contributed by atoms with Gasteiger partial charge >= 0.3 is 7.60 Å². The van der Waals surface area contributed by atoms with Crippen LogP contribution in [0.5, 0.6) is 0 Å². The molecule has 0 rings (SSSR count). The Bertz CT molecular complexity index is 269. The van der Waals surface area contributed by atoms with Gasteiger partial charge in [-0.3, -0.25) is 4.57 Å². The quantitative estimate of drug-likeness (QED) is 0.284. The van der Waals surface area contributed by atoms with E-state index in [9.17, 15) is 9.46 Å². The van der Waals surface area contributed by atoms with Gasteiger partial charge in [0.25, 0.3) is 0 Å². The van der Waals surface area contributed by atoms with E-state index in [1.807, 2.05) is 0 Å². The molecule has 0 aliphatic heterocycles. The maximum absolute atomic E-state index is 12.1. The zero-order valence-corrected chi connectivity index (χ0v) is 15.4. The SMILES string of the molecule is CCCCCCCCC(CCCCCCC)P(=O)(O)OC. The van der Waals surface area contributed by atoms with Gasteiger partial charge in [-0.25, -0.2) is 0 Å². The molecule has 0 aromatic rings. The first-order valence-corrected chi connectivity index (χ1v) is 10.6. The van der Waals surface area contributed by atoms with Crippen LogP contribution in [0.1, 0.15) is 97.3 Å². The third-order valence-electron chi connectivity index (χ3n) is 4.25. The zero-order valence-electron chi connectivity index (χ0n) is 14.5. The molecule has 2 atom stereocenters. The Kier molecular flexibility index (Phi) is 13.9. The summed E-state index contributed by atoms with van der Waals surface area (Å²) in [6.07, 6.45) is 15.0. The van der Waals surface area contributed by atoms with Gasteiger partial charge in [-0.15, -0.1) is 0 Å². The van der Waals surface area contributed by atoms with Crippen LogP contribution in [-0.2, 0) is 9.09 Å². The lowest BCUT2D eigenvalue weighted by Gasteiger charge is -2.21. The van der Waals surface area contributed by atoms with Crippen molar-refractivity contribution < 1.29 is 14.0 Å². The van der Waals surface area contributed by atoms with E-state index >= 15 is 0 Å². The van der Waals surface area contributed by atoms with Crippen LogP contribution in [0.4, 0.5) is 0 Å². The molecule has 0 aromatic heterocycles. The van der Waals surface area contributed by atoms with Gasteiger partial charge in [0.15, 0.2) is 0 Å². The van der Waals surface area contributed by atoms with E-state index in [2.05, 4.69) is 13.8 Å². The molecule has 0 aliphatic rings. The van der Waals surface area contributed by atoms with Crippen molar-refractivity contribution in [1.29, 1.82) is 0 Å². The van der Waals surface area contributed by atoms with Gasteiger partial charge in [-0.1, -0.05) is 84.5 Å². The topological polar surface area (TPSA) is 46.5 Å². The Morgan fingerprint density at radius 1 is 0.810 bits per heavy atom. The van der Waals surface area contributed by atoms with Crippen LogP contribution in [0.25, 0.3) is 0 Å². The van der Waals surface area contributed by atoms with Crippen LogP contribution in [0.2, 0.25) is 0 Å². The minimum atomic E-state index is -3.40. The maximum Gasteiger partial charge on any atom is 0.330 e. The molecule has 2 unspecified atom stereocenters. The third kappa shape index (κ3) is 11.4. The second-order valence-corrected chi connectivity index (χ2v) is 8.38. The van der Waals surface area contributed by atoms with Gasteiger partial charge in [0.1, 0.15) is 0 Å². The first-order valence-electron chi connectivity index (χ1n) is 8.96. The van der Waals surface area contributed by atoms with E-state index in [-0.39, 0.29) is 5.66 Å². The summed E-state index contributed by atoms with van der Waals surface area (Å²) in [5.41, 5.74) is -0.157. The van der Waals surface area contributed by atoms with Crippen LogP contribution in [0, 0.1) is 0 Å². The monoisotopic (exact) mass is 320 g/mol. The van der Waals surface area contributed by atoms with Crippen molar-refractivity contribution in [2.24, 2.45) is 0 Å². The standard InChI is InChI=1S/C17H37O3P/c1-4-6-8-10-12-14-16-17(21(18,19)20-3)15-13-11-9-7-5-2/h17H,4-16H2,1-3H3,(H,18,19). The molecule has 21 heavy (non-hydrogen) atoms. The molecule has 0 fully saturated rings. The predicted molar refractivity (Wildman–Crippen MR) is 92.0 cm³/mol. The first kappa shape index (κ1) is 21.1. The van der Waals surface area contributed by atoms with Gasteiger partial charge in [-0.2, -0.15) is 0 Å². The molecule has 0 heterocycles. The summed E-state index contributed by atoms with van der Waals surface area (Å²) in [6.45, 7) is 4.42. The van der Waals surface area contributed by atoms with Crippen molar-refractivity contribution >= 4 is 7.60 Å². The van der Waals surface area contributed by atoms with Crippen molar-refractivity contribution in [3.05, 3.63) is 0 Å². The fraction of sp³-hybridized carbons (Fsp3) is 1.00. The van der Waals surface area contributed by atoms with E-state index < -0.39 is 7.60 Å². The molecule has 0 bridgehead atoms. The van der Waals surface area contributed by atoms with Crippen molar-refractivity contribution in [2.45, 2.75) is 103 Å². The second-order valence-electron chi connectivity index (χ2n) is 6.16. The van der Waals surface area contributed by atoms with Crippen LogP contribution >= 0.6 is 7.60 Å². The third-order valence-corrected chi connectivity index (χ3v) is 6.22. The summed E-state index contributed by atoms with van der Waals surface area (Å²) in [5.74, 6) is 0. The highest BCUT2D eigenvalue weighted by atomic mass is 31.2. The lowest BCUT2D eigenvalue weighted by Crippen LogP contribution is -2.10. The Hall–Kier alpha value is 0.150. The van der Waals surface area contributed by atoms with Crippen LogP contribution < -0.4 is 0 Å². The molecule has 1 N–H and O–H groups in total. The Labute approximate surface area is 132 Å². The van der Waals surface area contributed by atoms with Gasteiger partial charge in [-0.05, 0) is 12.8 Å². The molecule has 0 radical (unpaired) electrons. The largest absolute Gasteiger partial charge is 0.330 e. The summed E-state index contributed by atoms with van der Waals surface area (Å²) >= 11 is 0. The summed E-state index contributed by atoms with van der Waals surface area (Å²) in [4.78, 5) is 9.96. The van der Waals surface area contributed by atoms with E-state index in [0.29, 0.717) is 0 Å². The summed E-state index contributed by atoms with van der Waals surface area (Å²) in [5, 5.41) is 0. The Balaban J connectivity index is 3.96. The van der Waals surface area contributed by atoms with E-state index in [0.717, 1.165) is 25.7 Å². The van der Waals surface area contributed by atoms with Crippen molar-refractivity contribution in [1.82, 2.24) is 0 Å². The van der Waals surface area contributed by atoms with E-state index in [1.54, 1.807) is 0 Å². The molecule has 4 heteroatoms. The second kappa shape index (κ2) is 13.8. The van der Waals surface area contributed by atoms with Gasteiger partial charge < -0.3 is 9.42 Å². The maximum atomic E-state index is 12.1. The van der Waals surface area contributed by atoms with Crippen molar-refractivity contribution in [3.63, 3.8) is 0 Å². The van der Waals surface area contributed by atoms with E-state index in [4.69, 9.17) is 4.52 Å². The lowest BCUT2D eigenvalue weighted by atomic mass is 10.0. The minimum Gasteiger partial charge on any atom is -0.324 e. The van der Waals surface area contributed by atoms with Crippen LogP contribution in [0.3, 0.4) is 0 Å². The van der Waals surface area contributed by atoms with E-state index in [1.165, 1.54) is 64.9 Å². The molecule has 0 aliphatic carbocycles. The highest BCUT2D eigenvalue weighted by Crippen LogP contribution is 2.50. The molecule has 0 spiro atoms. The van der Waals surface area contributed by atoms with Gasteiger partial charge in [0.2, 0.25) is 0 Å². The molecule has 0 amide bonds. The molecule has 0 saturated carbocycles. The summed E-state index contributed by atoms with van der Waals surface area (Å²) in [7, 11) is -2.03. The molecule has 0 aromatic carbocycles. The average molecular weight is 320 g/mol. The van der Waals surface area contributed by atoms with Crippen molar-refractivity contribution in [3.8, 4) is 0 Å². The highest BCUT2D eigenvalue weighted by molar-refractivity contribution is 7.53. The first-order chi connectivity index (χ1) is 10.1. The normalized spacial score (nSPS) is 15.8. The Morgan fingerprint density at radius 2 is 1.19 bits per heavy atom.